The molecule has 0 radical (unpaired) electrons. The zero-order valence-electron chi connectivity index (χ0n) is 22.3. The number of methoxy groups -OCH3 is 1. The predicted octanol–water partition coefficient (Wildman–Crippen LogP) is 4.28. The maximum atomic E-state index is 15.0. The first-order valence-electron chi connectivity index (χ1n) is 13.0. The number of nitrogens with two attached hydrogens (primary N) is 1. The van der Waals surface area contributed by atoms with Crippen molar-refractivity contribution < 1.29 is 23.4 Å². The molecule has 3 N–H and O–H groups in total. The molecule has 0 unspecified atom stereocenters. The maximum absolute atomic E-state index is 15.0. The third kappa shape index (κ3) is 5.36. The van der Waals surface area contributed by atoms with Crippen molar-refractivity contribution in [3.8, 4) is 17.0 Å². The van der Waals surface area contributed by atoms with Crippen LogP contribution in [0.2, 0.25) is 0 Å². The molecule has 1 fully saturated rings. The van der Waals surface area contributed by atoms with Gasteiger partial charge in [-0.2, -0.15) is 5.10 Å². The molecule has 5 rings (SSSR count). The second-order valence-corrected chi connectivity index (χ2v) is 10.5. The first kappa shape index (κ1) is 27.1. The van der Waals surface area contributed by atoms with Crippen LogP contribution in [-0.4, -0.2) is 56.7 Å². The molecule has 0 bridgehead atoms. The van der Waals surface area contributed by atoms with E-state index in [4.69, 9.17) is 15.2 Å². The van der Waals surface area contributed by atoms with Gasteiger partial charge in [0, 0.05) is 44.1 Å². The lowest BCUT2D eigenvalue weighted by Gasteiger charge is -2.44. The Kier molecular flexibility index (Phi) is 7.61. The fraction of sp³-hybridized carbons (Fsp3) is 0.414. The lowest BCUT2D eigenvalue weighted by Crippen LogP contribution is -2.54. The minimum atomic E-state index is -0.915. The SMILES string of the molecule is COCCOc1cc(F)c(-c2ccc3cnc(Cc4cnccc4[C@H]4C[C@@H](N)[C@](C)(O)[C@@H](C)C4)n3n2)c(F)c1. The minimum absolute atomic E-state index is 0.0327. The van der Waals surface area contributed by atoms with Gasteiger partial charge in [0.05, 0.1) is 35.2 Å². The molecule has 0 aliphatic heterocycles. The number of rotatable bonds is 8. The summed E-state index contributed by atoms with van der Waals surface area (Å²) in [5, 5.41) is 15.3. The summed E-state index contributed by atoms with van der Waals surface area (Å²) < 4.78 is 41.9. The van der Waals surface area contributed by atoms with E-state index in [1.54, 1.807) is 36.0 Å². The van der Waals surface area contributed by atoms with Gasteiger partial charge >= 0.3 is 0 Å². The summed E-state index contributed by atoms with van der Waals surface area (Å²) in [4.78, 5) is 8.89. The quantitative estimate of drug-likeness (QED) is 0.323. The molecule has 1 aliphatic carbocycles. The van der Waals surface area contributed by atoms with Crippen LogP contribution in [0.15, 0.2) is 48.9 Å². The fourth-order valence-electron chi connectivity index (χ4n) is 5.39. The summed E-state index contributed by atoms with van der Waals surface area (Å²) in [6.45, 7) is 4.31. The normalized spacial score (nSPS) is 23.3. The van der Waals surface area contributed by atoms with Crippen LogP contribution in [0.3, 0.4) is 0 Å². The molecule has 4 atom stereocenters. The molecule has 3 aromatic heterocycles. The number of pyridine rings is 1. The van der Waals surface area contributed by atoms with Crippen molar-refractivity contribution in [2.75, 3.05) is 20.3 Å². The molecular weight excluding hydrogens is 504 g/mol. The Bertz CT molecular complexity index is 1440. The molecule has 0 amide bonds. The van der Waals surface area contributed by atoms with Crippen molar-refractivity contribution in [3.63, 3.8) is 0 Å². The second kappa shape index (κ2) is 11.0. The molecule has 39 heavy (non-hydrogen) atoms. The summed E-state index contributed by atoms with van der Waals surface area (Å²) in [6.07, 6.45) is 7.12. The number of ether oxygens (including phenoxy) is 2. The standard InChI is InChI=1S/C29H33F2N5O3/c1-17-10-18(11-26(32)29(17,2)37)22-6-7-33-15-19(22)12-27-34-16-20-4-5-25(35-36(20)27)28-23(30)13-21(14-24(28)31)39-9-8-38-3/h4-7,13-18,26,37H,8-12,32H2,1-3H3/t17-,18+,26+,29+/m0/s1. The molecule has 1 saturated carbocycles. The van der Waals surface area contributed by atoms with Crippen molar-refractivity contribution in [3.05, 3.63) is 77.5 Å². The van der Waals surface area contributed by atoms with E-state index in [-0.39, 0.29) is 41.5 Å². The van der Waals surface area contributed by atoms with Gasteiger partial charge in [-0.1, -0.05) is 6.92 Å². The molecule has 10 heteroatoms. The topological polar surface area (TPSA) is 108 Å². The summed E-state index contributed by atoms with van der Waals surface area (Å²) in [7, 11) is 1.52. The molecule has 206 valence electrons. The number of halogens is 2. The zero-order chi connectivity index (χ0) is 27.7. The van der Waals surface area contributed by atoms with Crippen LogP contribution in [0.1, 0.15) is 49.6 Å². The van der Waals surface area contributed by atoms with Gasteiger partial charge in [0.15, 0.2) is 0 Å². The average molecular weight is 538 g/mol. The summed E-state index contributed by atoms with van der Waals surface area (Å²) in [5.41, 5.74) is 8.12. The number of hydrogen-bond donors (Lipinski definition) is 2. The maximum Gasteiger partial charge on any atom is 0.139 e. The molecule has 8 nitrogen and oxygen atoms in total. The van der Waals surface area contributed by atoms with E-state index in [2.05, 4.69) is 15.1 Å². The highest BCUT2D eigenvalue weighted by molar-refractivity contribution is 5.63. The van der Waals surface area contributed by atoms with Crippen molar-refractivity contribution in [1.82, 2.24) is 19.6 Å². The van der Waals surface area contributed by atoms with Crippen LogP contribution < -0.4 is 10.5 Å². The summed E-state index contributed by atoms with van der Waals surface area (Å²) >= 11 is 0. The Labute approximate surface area is 225 Å². The Morgan fingerprint density at radius 2 is 1.90 bits per heavy atom. The Morgan fingerprint density at radius 1 is 1.13 bits per heavy atom. The lowest BCUT2D eigenvalue weighted by atomic mass is 9.67. The molecule has 1 aliphatic rings. The summed E-state index contributed by atoms with van der Waals surface area (Å²) in [5.74, 6) is -0.659. The van der Waals surface area contributed by atoms with E-state index in [1.807, 2.05) is 19.2 Å². The van der Waals surface area contributed by atoms with Gasteiger partial charge in [-0.25, -0.2) is 18.3 Å². The van der Waals surface area contributed by atoms with E-state index in [0.717, 1.165) is 29.7 Å². The number of hydrogen-bond acceptors (Lipinski definition) is 7. The smallest absolute Gasteiger partial charge is 0.139 e. The van der Waals surface area contributed by atoms with Crippen LogP contribution in [0.4, 0.5) is 8.78 Å². The van der Waals surface area contributed by atoms with Crippen LogP contribution >= 0.6 is 0 Å². The largest absolute Gasteiger partial charge is 0.491 e. The summed E-state index contributed by atoms with van der Waals surface area (Å²) in [6, 6.07) is 7.24. The number of benzene rings is 1. The predicted molar refractivity (Wildman–Crippen MR) is 142 cm³/mol. The third-order valence-corrected chi connectivity index (χ3v) is 7.94. The van der Waals surface area contributed by atoms with Crippen LogP contribution in [0.5, 0.6) is 5.75 Å². The number of aliphatic hydroxyl groups is 1. The van der Waals surface area contributed by atoms with Crippen molar-refractivity contribution in [1.29, 1.82) is 0 Å². The zero-order valence-corrected chi connectivity index (χ0v) is 22.3. The molecule has 0 spiro atoms. The highest BCUT2D eigenvalue weighted by Crippen LogP contribution is 2.42. The van der Waals surface area contributed by atoms with E-state index in [1.165, 1.54) is 7.11 Å². The van der Waals surface area contributed by atoms with Gasteiger partial charge in [0.25, 0.3) is 0 Å². The van der Waals surface area contributed by atoms with Crippen LogP contribution in [-0.2, 0) is 11.2 Å². The van der Waals surface area contributed by atoms with Crippen LogP contribution in [0, 0.1) is 17.6 Å². The van der Waals surface area contributed by atoms with Gasteiger partial charge in [-0.3, -0.25) is 4.98 Å². The van der Waals surface area contributed by atoms with Gasteiger partial charge in [-0.05, 0) is 60.9 Å². The van der Waals surface area contributed by atoms with E-state index in [9.17, 15) is 5.11 Å². The van der Waals surface area contributed by atoms with Gasteiger partial charge in [-0.15, -0.1) is 0 Å². The van der Waals surface area contributed by atoms with E-state index < -0.39 is 17.2 Å². The fourth-order valence-corrected chi connectivity index (χ4v) is 5.39. The number of imidazole rings is 1. The van der Waals surface area contributed by atoms with Crippen molar-refractivity contribution >= 4 is 5.52 Å². The van der Waals surface area contributed by atoms with Gasteiger partial charge in [0.2, 0.25) is 0 Å². The van der Waals surface area contributed by atoms with E-state index >= 15 is 8.78 Å². The van der Waals surface area contributed by atoms with Crippen molar-refractivity contribution in [2.45, 2.75) is 50.7 Å². The average Bonchev–Trinajstić information content (AvgIpc) is 3.29. The second-order valence-electron chi connectivity index (χ2n) is 10.5. The van der Waals surface area contributed by atoms with Gasteiger partial charge < -0.3 is 20.3 Å². The lowest BCUT2D eigenvalue weighted by molar-refractivity contribution is -0.0464. The number of fused-ring (bicyclic) bond motifs is 1. The van der Waals surface area contributed by atoms with E-state index in [0.29, 0.717) is 30.8 Å². The third-order valence-electron chi connectivity index (χ3n) is 7.94. The molecule has 1 aromatic carbocycles. The highest BCUT2D eigenvalue weighted by atomic mass is 19.1. The Morgan fingerprint density at radius 3 is 2.62 bits per heavy atom. The molecule has 4 aromatic rings. The Hall–Kier alpha value is -3.47. The van der Waals surface area contributed by atoms with Crippen LogP contribution in [0.25, 0.3) is 16.8 Å². The monoisotopic (exact) mass is 537 g/mol. The molecule has 3 heterocycles. The molecule has 0 saturated heterocycles. The first-order chi connectivity index (χ1) is 18.7. The van der Waals surface area contributed by atoms with Crippen molar-refractivity contribution in [2.24, 2.45) is 11.7 Å². The first-order valence-corrected chi connectivity index (χ1v) is 13.0. The Balaban J connectivity index is 1.45. The van der Waals surface area contributed by atoms with Gasteiger partial charge in [0.1, 0.15) is 29.8 Å². The number of aromatic nitrogens is 4. The minimum Gasteiger partial charge on any atom is -0.491 e. The number of nitrogens with zero attached hydrogens (tertiary/aromatic N) is 4. The highest BCUT2D eigenvalue weighted by Gasteiger charge is 2.42. The molecular formula is C29H33F2N5O3.